The third-order valence-electron chi connectivity index (χ3n) is 5.15. The van der Waals surface area contributed by atoms with Gasteiger partial charge >= 0.3 is 0 Å². The van der Waals surface area contributed by atoms with E-state index in [0.717, 1.165) is 6.42 Å². The van der Waals surface area contributed by atoms with Gasteiger partial charge < -0.3 is 0 Å². The van der Waals surface area contributed by atoms with E-state index in [0.29, 0.717) is 5.92 Å². The van der Waals surface area contributed by atoms with Crippen molar-refractivity contribution in [3.63, 3.8) is 0 Å². The Bertz CT molecular complexity index is 997. The van der Waals surface area contributed by atoms with E-state index >= 15 is 0 Å². The van der Waals surface area contributed by atoms with Crippen LogP contribution in [-0.4, -0.2) is 0 Å². The Morgan fingerprint density at radius 2 is 1.07 bits per heavy atom. The predicted octanol–water partition coefficient (Wildman–Crippen LogP) is 8.25. The molecular weight excluding hydrogens is 336 g/mol. The van der Waals surface area contributed by atoms with Gasteiger partial charge in [0.25, 0.3) is 0 Å². The van der Waals surface area contributed by atoms with Gasteiger partial charge in [-0.1, -0.05) is 119 Å². The highest BCUT2D eigenvalue weighted by atomic mass is 14.2. The molecule has 5 rings (SSSR count). The Hall–Kier alpha value is -2.86. The maximum atomic E-state index is 2.28. The molecule has 4 aromatic carbocycles. The molecule has 0 radical (unpaired) electrons. The van der Waals surface area contributed by atoms with E-state index in [1.165, 1.54) is 38.6 Å². The van der Waals surface area contributed by atoms with Crippen molar-refractivity contribution >= 4 is 10.8 Å². The Kier molecular flexibility index (Phi) is 6.66. The zero-order valence-electron chi connectivity index (χ0n) is 17.4. The standard InChI is InChI=1S/C13H10.C13H14.C2H6/c1-3-7-12-10(5-1)9-11-6-2-4-8-13(11)12;1-10(2)12-8-7-11-5-3-4-6-13(11)9-12;1-2/h1-8H,9H2;3-10H,1-2H3;1-2H3. The van der Waals surface area contributed by atoms with Crippen LogP contribution in [0.4, 0.5) is 0 Å². The summed E-state index contributed by atoms with van der Waals surface area (Å²) in [5.74, 6) is 0.615. The van der Waals surface area contributed by atoms with Crippen molar-refractivity contribution in [3.8, 4) is 11.1 Å². The molecule has 0 unspecified atom stereocenters. The molecule has 1 aliphatic rings. The van der Waals surface area contributed by atoms with Gasteiger partial charge in [-0.05, 0) is 50.9 Å². The zero-order chi connectivity index (χ0) is 19.9. The van der Waals surface area contributed by atoms with Crippen molar-refractivity contribution in [2.75, 3.05) is 0 Å². The Balaban J connectivity index is 0.000000148. The van der Waals surface area contributed by atoms with Crippen LogP contribution < -0.4 is 0 Å². The van der Waals surface area contributed by atoms with Gasteiger partial charge in [-0.3, -0.25) is 0 Å². The minimum absolute atomic E-state index is 0.615. The molecule has 142 valence electrons. The molecule has 0 amide bonds. The van der Waals surface area contributed by atoms with Crippen LogP contribution in [0.15, 0.2) is 91.0 Å². The first-order chi connectivity index (χ1) is 13.7. The second-order valence-corrected chi connectivity index (χ2v) is 7.25. The summed E-state index contributed by atoms with van der Waals surface area (Å²) in [7, 11) is 0. The van der Waals surface area contributed by atoms with Crippen molar-refractivity contribution in [2.45, 2.75) is 40.0 Å². The van der Waals surface area contributed by atoms with Gasteiger partial charge in [0.1, 0.15) is 0 Å². The predicted molar refractivity (Wildman–Crippen MR) is 124 cm³/mol. The molecule has 0 N–H and O–H groups in total. The van der Waals surface area contributed by atoms with Gasteiger partial charge in [0.2, 0.25) is 0 Å². The molecule has 0 saturated carbocycles. The molecule has 0 heteroatoms. The summed E-state index contributed by atoms with van der Waals surface area (Å²) >= 11 is 0. The minimum Gasteiger partial charge on any atom is -0.0683 e. The second-order valence-electron chi connectivity index (χ2n) is 7.25. The third-order valence-corrected chi connectivity index (χ3v) is 5.15. The van der Waals surface area contributed by atoms with Crippen molar-refractivity contribution < 1.29 is 0 Å². The van der Waals surface area contributed by atoms with Crippen LogP contribution in [0.3, 0.4) is 0 Å². The lowest BCUT2D eigenvalue weighted by atomic mass is 9.99. The largest absolute Gasteiger partial charge is 0.0683 e. The molecule has 1 aliphatic carbocycles. The smallest absolute Gasteiger partial charge is 0.00135 e. The van der Waals surface area contributed by atoms with Crippen molar-refractivity contribution in [2.24, 2.45) is 0 Å². The first-order valence-corrected chi connectivity index (χ1v) is 10.4. The average molecular weight is 367 g/mol. The minimum atomic E-state index is 0.615. The molecule has 0 bridgehead atoms. The first-order valence-electron chi connectivity index (χ1n) is 10.4. The van der Waals surface area contributed by atoms with Crippen LogP contribution in [0, 0.1) is 0 Å². The highest BCUT2D eigenvalue weighted by Crippen LogP contribution is 2.35. The molecular formula is C28H30. The van der Waals surface area contributed by atoms with E-state index in [2.05, 4.69) is 105 Å². The Labute approximate surface area is 169 Å². The SMILES string of the molecule is CC.CC(C)c1ccc2ccccc2c1.c1ccc2c(c1)Cc1ccccc1-2. The van der Waals surface area contributed by atoms with E-state index in [1.807, 2.05) is 13.8 Å². The number of hydrogen-bond acceptors (Lipinski definition) is 0. The number of rotatable bonds is 1. The summed E-state index contributed by atoms with van der Waals surface area (Å²) in [6, 6.07) is 32.5. The van der Waals surface area contributed by atoms with Gasteiger partial charge in [0.15, 0.2) is 0 Å². The van der Waals surface area contributed by atoms with Crippen LogP contribution in [0.1, 0.15) is 50.3 Å². The molecule has 0 aromatic heterocycles. The fourth-order valence-corrected chi connectivity index (χ4v) is 3.65. The molecule has 0 heterocycles. The van der Waals surface area contributed by atoms with Crippen molar-refractivity contribution in [1.29, 1.82) is 0 Å². The molecule has 0 nitrogen and oxygen atoms in total. The van der Waals surface area contributed by atoms with Gasteiger partial charge in [-0.25, -0.2) is 0 Å². The summed E-state index contributed by atoms with van der Waals surface area (Å²) in [6.45, 7) is 8.45. The van der Waals surface area contributed by atoms with Crippen LogP contribution >= 0.6 is 0 Å². The molecule has 0 atom stereocenters. The van der Waals surface area contributed by atoms with Crippen LogP contribution in [0.5, 0.6) is 0 Å². The third kappa shape index (κ3) is 4.34. The summed E-state index contributed by atoms with van der Waals surface area (Å²) in [4.78, 5) is 0. The van der Waals surface area contributed by atoms with E-state index in [9.17, 15) is 0 Å². The number of hydrogen-bond donors (Lipinski definition) is 0. The van der Waals surface area contributed by atoms with Crippen molar-refractivity contribution in [1.82, 2.24) is 0 Å². The van der Waals surface area contributed by atoms with E-state index < -0.39 is 0 Å². The van der Waals surface area contributed by atoms with E-state index in [1.54, 1.807) is 0 Å². The Morgan fingerprint density at radius 3 is 1.64 bits per heavy atom. The van der Waals surface area contributed by atoms with Crippen LogP contribution in [0.25, 0.3) is 21.9 Å². The van der Waals surface area contributed by atoms with Gasteiger partial charge in [-0.15, -0.1) is 0 Å². The monoisotopic (exact) mass is 366 g/mol. The topological polar surface area (TPSA) is 0 Å². The summed E-state index contributed by atoms with van der Waals surface area (Å²) < 4.78 is 0. The summed E-state index contributed by atoms with van der Waals surface area (Å²) in [6.07, 6.45) is 1.10. The fourth-order valence-electron chi connectivity index (χ4n) is 3.65. The zero-order valence-corrected chi connectivity index (χ0v) is 17.4. The molecule has 4 aromatic rings. The van der Waals surface area contributed by atoms with Gasteiger partial charge in [0.05, 0.1) is 0 Å². The highest BCUT2D eigenvalue weighted by molar-refractivity contribution is 5.83. The van der Waals surface area contributed by atoms with Gasteiger partial charge in [-0.2, -0.15) is 0 Å². The number of fused-ring (bicyclic) bond motifs is 4. The summed E-state index contributed by atoms with van der Waals surface area (Å²) in [5, 5.41) is 2.67. The molecule has 0 spiro atoms. The highest BCUT2D eigenvalue weighted by Gasteiger charge is 2.15. The van der Waals surface area contributed by atoms with Crippen molar-refractivity contribution in [3.05, 3.63) is 108 Å². The molecule has 0 aliphatic heterocycles. The molecule has 0 saturated heterocycles. The first kappa shape index (κ1) is 19.9. The lowest BCUT2D eigenvalue weighted by Gasteiger charge is -2.06. The van der Waals surface area contributed by atoms with E-state index in [-0.39, 0.29) is 0 Å². The fraction of sp³-hybridized carbons (Fsp3) is 0.214. The lowest BCUT2D eigenvalue weighted by molar-refractivity contribution is 0.869. The molecule has 0 fully saturated rings. The second kappa shape index (κ2) is 9.37. The molecule has 28 heavy (non-hydrogen) atoms. The maximum absolute atomic E-state index is 2.28. The maximum Gasteiger partial charge on any atom is -0.00135 e. The van der Waals surface area contributed by atoms with Crippen LogP contribution in [0.2, 0.25) is 0 Å². The Morgan fingerprint density at radius 1 is 0.571 bits per heavy atom. The lowest BCUT2D eigenvalue weighted by Crippen LogP contribution is -1.85. The van der Waals surface area contributed by atoms with Gasteiger partial charge in [0, 0.05) is 0 Å². The average Bonchev–Trinajstić information content (AvgIpc) is 3.14. The quantitative estimate of drug-likeness (QED) is 0.280. The summed E-state index contributed by atoms with van der Waals surface area (Å²) in [5.41, 5.74) is 7.17. The van der Waals surface area contributed by atoms with E-state index in [4.69, 9.17) is 0 Å². The van der Waals surface area contributed by atoms with Crippen LogP contribution in [-0.2, 0) is 6.42 Å². The normalized spacial score (nSPS) is 11.0. The number of benzene rings is 4.